The monoisotopic (exact) mass is 223 g/mol. The van der Waals surface area contributed by atoms with Crippen LogP contribution < -0.4 is 0 Å². The SMILES string of the molecule is COC1=C(Cl)C(=N)C(Cl)C(OC)C1. The van der Waals surface area contributed by atoms with Gasteiger partial charge in [0.1, 0.15) is 16.2 Å². The van der Waals surface area contributed by atoms with Crippen molar-refractivity contribution in [1.29, 1.82) is 5.41 Å². The minimum Gasteiger partial charge on any atom is -0.499 e. The van der Waals surface area contributed by atoms with Crippen molar-refractivity contribution in [1.82, 2.24) is 0 Å². The summed E-state index contributed by atoms with van der Waals surface area (Å²) in [6, 6.07) is 0. The minimum absolute atomic E-state index is 0.165. The summed E-state index contributed by atoms with van der Waals surface area (Å²) in [4.78, 5) is 0. The Morgan fingerprint density at radius 3 is 2.54 bits per heavy atom. The van der Waals surface area contributed by atoms with Gasteiger partial charge in [-0.1, -0.05) is 11.6 Å². The molecule has 1 aliphatic carbocycles. The zero-order valence-corrected chi connectivity index (χ0v) is 8.95. The highest BCUT2D eigenvalue weighted by Gasteiger charge is 2.33. The fraction of sp³-hybridized carbons (Fsp3) is 0.625. The Morgan fingerprint density at radius 2 is 2.08 bits per heavy atom. The van der Waals surface area contributed by atoms with E-state index in [0.717, 1.165) is 0 Å². The Kier molecular flexibility index (Phi) is 3.59. The second-order valence-corrected chi connectivity index (χ2v) is 3.58. The molecule has 1 N–H and O–H groups in total. The molecule has 13 heavy (non-hydrogen) atoms. The van der Waals surface area contributed by atoms with Gasteiger partial charge in [-0.2, -0.15) is 0 Å². The lowest BCUT2D eigenvalue weighted by Gasteiger charge is -2.27. The molecule has 0 radical (unpaired) electrons. The molecule has 0 aromatic carbocycles. The summed E-state index contributed by atoms with van der Waals surface area (Å²) in [5, 5.41) is 7.40. The molecule has 3 nitrogen and oxygen atoms in total. The van der Waals surface area contributed by atoms with Gasteiger partial charge in [-0.15, -0.1) is 11.6 Å². The first-order valence-corrected chi connectivity index (χ1v) is 4.61. The van der Waals surface area contributed by atoms with E-state index in [2.05, 4.69) is 0 Å². The van der Waals surface area contributed by atoms with Crippen molar-refractivity contribution in [3.63, 3.8) is 0 Å². The molecule has 0 heterocycles. The standard InChI is InChI=1S/C8H11Cl2NO2/c1-12-4-3-5(13-2)7(10)8(11)6(4)9/h4,6,11H,3H2,1-2H3. The van der Waals surface area contributed by atoms with E-state index < -0.39 is 5.38 Å². The number of hydrogen-bond donors (Lipinski definition) is 1. The second kappa shape index (κ2) is 4.31. The van der Waals surface area contributed by atoms with Crippen molar-refractivity contribution in [3.8, 4) is 0 Å². The van der Waals surface area contributed by atoms with E-state index in [1.54, 1.807) is 7.11 Å². The molecule has 0 aromatic rings. The Hall–Kier alpha value is -0.250. The molecule has 0 aromatic heterocycles. The van der Waals surface area contributed by atoms with E-state index in [-0.39, 0.29) is 11.8 Å². The van der Waals surface area contributed by atoms with E-state index in [1.807, 2.05) is 0 Å². The van der Waals surface area contributed by atoms with E-state index >= 15 is 0 Å². The van der Waals surface area contributed by atoms with Crippen molar-refractivity contribution in [3.05, 3.63) is 10.8 Å². The van der Waals surface area contributed by atoms with Crippen LogP contribution in [0.5, 0.6) is 0 Å². The van der Waals surface area contributed by atoms with E-state index in [1.165, 1.54) is 7.11 Å². The molecule has 1 aliphatic rings. The average Bonchev–Trinajstić information content (AvgIpc) is 2.15. The zero-order chi connectivity index (χ0) is 10.0. The third-order valence-corrected chi connectivity index (χ3v) is 2.93. The summed E-state index contributed by atoms with van der Waals surface area (Å²) >= 11 is 11.8. The maximum atomic E-state index is 7.59. The number of nitrogens with one attached hydrogen (secondary N) is 1. The molecule has 0 saturated heterocycles. The molecule has 0 amide bonds. The van der Waals surface area contributed by atoms with Crippen molar-refractivity contribution < 1.29 is 9.47 Å². The predicted octanol–water partition coefficient (Wildman–Crippen LogP) is 2.13. The van der Waals surface area contributed by atoms with Crippen molar-refractivity contribution in [2.45, 2.75) is 17.9 Å². The van der Waals surface area contributed by atoms with Gasteiger partial charge in [0.2, 0.25) is 0 Å². The van der Waals surface area contributed by atoms with Gasteiger partial charge in [0.15, 0.2) is 0 Å². The molecule has 2 atom stereocenters. The smallest absolute Gasteiger partial charge is 0.119 e. The maximum Gasteiger partial charge on any atom is 0.119 e. The van der Waals surface area contributed by atoms with Crippen LogP contribution in [0.15, 0.2) is 10.8 Å². The lowest BCUT2D eigenvalue weighted by atomic mass is 10.00. The highest BCUT2D eigenvalue weighted by atomic mass is 35.5. The van der Waals surface area contributed by atoms with Crippen LogP contribution in [0.3, 0.4) is 0 Å². The fourth-order valence-corrected chi connectivity index (χ4v) is 1.84. The quantitative estimate of drug-likeness (QED) is 0.730. The van der Waals surface area contributed by atoms with Crippen LogP contribution in [-0.4, -0.2) is 31.4 Å². The van der Waals surface area contributed by atoms with Crippen LogP contribution in [0.1, 0.15) is 6.42 Å². The number of allylic oxidation sites excluding steroid dienone is 1. The van der Waals surface area contributed by atoms with Gasteiger partial charge < -0.3 is 14.9 Å². The number of rotatable bonds is 2. The Labute approximate surface area is 87.1 Å². The number of hydrogen-bond acceptors (Lipinski definition) is 3. The van der Waals surface area contributed by atoms with Gasteiger partial charge in [-0.25, -0.2) is 0 Å². The third-order valence-electron chi connectivity index (χ3n) is 2.02. The van der Waals surface area contributed by atoms with Crippen LogP contribution in [0.25, 0.3) is 0 Å². The van der Waals surface area contributed by atoms with Crippen LogP contribution in [0.2, 0.25) is 0 Å². The van der Waals surface area contributed by atoms with Gasteiger partial charge in [-0.05, 0) is 0 Å². The Morgan fingerprint density at radius 1 is 1.46 bits per heavy atom. The summed E-state index contributed by atoms with van der Waals surface area (Å²) in [6.07, 6.45) is 0.286. The summed E-state index contributed by atoms with van der Waals surface area (Å²) in [5.41, 5.74) is 0.165. The molecule has 74 valence electrons. The molecule has 1 rings (SSSR count). The molecule has 0 saturated carbocycles. The lowest BCUT2D eigenvalue weighted by molar-refractivity contribution is 0.0928. The first-order chi connectivity index (χ1) is 6.11. The van der Waals surface area contributed by atoms with Crippen LogP contribution in [0.4, 0.5) is 0 Å². The van der Waals surface area contributed by atoms with Gasteiger partial charge in [0.25, 0.3) is 0 Å². The Balaban J connectivity index is 2.93. The maximum absolute atomic E-state index is 7.59. The van der Waals surface area contributed by atoms with Crippen molar-refractivity contribution in [2.24, 2.45) is 0 Å². The summed E-state index contributed by atoms with van der Waals surface area (Å²) < 4.78 is 10.1. The second-order valence-electron chi connectivity index (χ2n) is 2.73. The third kappa shape index (κ3) is 1.98. The normalized spacial score (nSPS) is 29.4. The van der Waals surface area contributed by atoms with Gasteiger partial charge >= 0.3 is 0 Å². The summed E-state index contributed by atoms with van der Waals surface area (Å²) in [5.74, 6) is 0.565. The number of halogens is 2. The summed E-state index contributed by atoms with van der Waals surface area (Å²) in [7, 11) is 3.08. The molecular formula is C8H11Cl2NO2. The van der Waals surface area contributed by atoms with E-state index in [4.69, 9.17) is 38.1 Å². The molecule has 0 bridgehead atoms. The minimum atomic E-state index is -0.489. The van der Waals surface area contributed by atoms with E-state index in [0.29, 0.717) is 17.2 Å². The molecular weight excluding hydrogens is 213 g/mol. The van der Waals surface area contributed by atoms with Gasteiger partial charge in [0.05, 0.1) is 18.9 Å². The Bertz CT molecular complexity index is 253. The lowest BCUT2D eigenvalue weighted by Crippen LogP contribution is -2.35. The molecule has 0 spiro atoms. The first kappa shape index (κ1) is 10.8. The molecule has 0 aliphatic heterocycles. The topological polar surface area (TPSA) is 42.3 Å². The van der Waals surface area contributed by atoms with Gasteiger partial charge in [-0.3, -0.25) is 0 Å². The fourth-order valence-electron chi connectivity index (χ4n) is 1.21. The average molecular weight is 224 g/mol. The first-order valence-electron chi connectivity index (χ1n) is 3.80. The van der Waals surface area contributed by atoms with Gasteiger partial charge in [0, 0.05) is 13.5 Å². The van der Waals surface area contributed by atoms with Crippen LogP contribution in [0, 0.1) is 5.41 Å². The highest BCUT2D eigenvalue weighted by molar-refractivity contribution is 6.49. The number of methoxy groups -OCH3 is 2. The van der Waals surface area contributed by atoms with Crippen molar-refractivity contribution in [2.75, 3.05) is 14.2 Å². The molecule has 5 heteroatoms. The predicted molar refractivity (Wildman–Crippen MR) is 52.7 cm³/mol. The number of ether oxygens (including phenoxy) is 2. The number of alkyl halides is 1. The van der Waals surface area contributed by atoms with E-state index in [9.17, 15) is 0 Å². The zero-order valence-electron chi connectivity index (χ0n) is 7.43. The molecule has 2 unspecified atom stereocenters. The summed E-state index contributed by atoms with van der Waals surface area (Å²) in [6.45, 7) is 0. The highest BCUT2D eigenvalue weighted by Crippen LogP contribution is 2.30. The largest absolute Gasteiger partial charge is 0.499 e. The van der Waals surface area contributed by atoms with Crippen LogP contribution in [-0.2, 0) is 9.47 Å². The van der Waals surface area contributed by atoms with Crippen LogP contribution >= 0.6 is 23.2 Å². The molecule has 0 fully saturated rings. The van der Waals surface area contributed by atoms with Crippen molar-refractivity contribution >= 4 is 28.9 Å².